The molecule has 1 atom stereocenters. The third-order valence-corrected chi connectivity index (χ3v) is 6.33. The zero-order valence-corrected chi connectivity index (χ0v) is 18.5. The van der Waals surface area contributed by atoms with E-state index in [0.717, 1.165) is 40.9 Å². The van der Waals surface area contributed by atoms with Gasteiger partial charge in [0.05, 0.1) is 5.54 Å². The van der Waals surface area contributed by atoms with Crippen molar-refractivity contribution >= 4 is 17.8 Å². The monoisotopic (exact) mass is 441 g/mol. The van der Waals surface area contributed by atoms with Gasteiger partial charge in [0.15, 0.2) is 0 Å². The van der Waals surface area contributed by atoms with Gasteiger partial charge in [0.2, 0.25) is 11.8 Å². The van der Waals surface area contributed by atoms with Gasteiger partial charge in [0.25, 0.3) is 0 Å². The van der Waals surface area contributed by atoms with E-state index in [-0.39, 0.29) is 11.6 Å². The predicted octanol–water partition coefficient (Wildman–Crippen LogP) is 5.72. The van der Waals surface area contributed by atoms with E-state index in [9.17, 15) is 9.50 Å². The zero-order chi connectivity index (χ0) is 23.0. The summed E-state index contributed by atoms with van der Waals surface area (Å²) < 4.78 is 19.0. The molecule has 0 bridgehead atoms. The van der Waals surface area contributed by atoms with Crippen LogP contribution < -0.4 is 4.90 Å². The lowest BCUT2D eigenvalue weighted by Crippen LogP contribution is -2.49. The number of hydrogen-bond donors (Lipinski definition) is 1. The molecule has 0 amide bonds. The number of rotatable bonds is 4. The van der Waals surface area contributed by atoms with Crippen molar-refractivity contribution in [2.75, 3.05) is 11.4 Å². The van der Waals surface area contributed by atoms with E-state index in [0.29, 0.717) is 11.8 Å². The van der Waals surface area contributed by atoms with Crippen LogP contribution in [0.3, 0.4) is 0 Å². The number of fused-ring (bicyclic) bond motifs is 1. The molecule has 1 N–H and O–H groups in total. The highest BCUT2D eigenvalue weighted by atomic mass is 19.1. The number of anilines is 1. The summed E-state index contributed by atoms with van der Waals surface area (Å²) in [6.45, 7) is 4.68. The molecular formula is C27H24FN3O2. The number of aryl methyl sites for hydroxylation is 1. The molecule has 166 valence electrons. The van der Waals surface area contributed by atoms with Crippen LogP contribution in [0.15, 0.2) is 71.1 Å². The van der Waals surface area contributed by atoms with E-state index >= 15 is 0 Å². The quantitative estimate of drug-likeness (QED) is 0.439. The Morgan fingerprint density at radius 2 is 1.76 bits per heavy atom. The molecule has 1 aromatic heterocycles. The maximum absolute atomic E-state index is 13.6. The van der Waals surface area contributed by atoms with Crippen LogP contribution in [0, 0.1) is 12.7 Å². The van der Waals surface area contributed by atoms with Crippen LogP contribution in [0.2, 0.25) is 0 Å². The Morgan fingerprint density at radius 3 is 2.45 bits per heavy atom. The smallest absolute Gasteiger partial charge is 0.240 e. The lowest BCUT2D eigenvalue weighted by molar-refractivity contribution is 0.463. The molecule has 0 saturated carbocycles. The predicted molar refractivity (Wildman–Crippen MR) is 126 cm³/mol. The highest BCUT2D eigenvalue weighted by molar-refractivity contribution is 5.67. The van der Waals surface area contributed by atoms with E-state index in [1.54, 1.807) is 19.1 Å². The highest BCUT2D eigenvalue weighted by Crippen LogP contribution is 2.44. The van der Waals surface area contributed by atoms with E-state index < -0.39 is 5.54 Å². The number of hydrogen-bond acceptors (Lipinski definition) is 5. The summed E-state index contributed by atoms with van der Waals surface area (Å²) >= 11 is 0. The first kappa shape index (κ1) is 20.9. The summed E-state index contributed by atoms with van der Waals surface area (Å²) in [5, 5.41) is 17.9. The Bertz CT molecular complexity index is 1310. The summed E-state index contributed by atoms with van der Waals surface area (Å²) in [4.78, 5) is 2.30. The minimum absolute atomic E-state index is 0.254. The van der Waals surface area contributed by atoms with Crippen molar-refractivity contribution in [3.8, 4) is 5.75 Å². The van der Waals surface area contributed by atoms with Crippen molar-refractivity contribution in [3.63, 3.8) is 0 Å². The zero-order valence-electron chi connectivity index (χ0n) is 18.5. The van der Waals surface area contributed by atoms with Crippen LogP contribution in [0.1, 0.15) is 41.0 Å². The molecule has 5 rings (SSSR count). The summed E-state index contributed by atoms with van der Waals surface area (Å²) in [7, 11) is 0. The van der Waals surface area contributed by atoms with Gasteiger partial charge in [-0.1, -0.05) is 30.3 Å². The largest absolute Gasteiger partial charge is 0.508 e. The third kappa shape index (κ3) is 3.89. The first-order chi connectivity index (χ1) is 15.9. The van der Waals surface area contributed by atoms with Crippen molar-refractivity contribution in [2.45, 2.75) is 25.8 Å². The van der Waals surface area contributed by atoms with Crippen LogP contribution in [-0.2, 0) is 12.0 Å². The molecule has 1 unspecified atom stereocenters. The normalized spacial score (nSPS) is 18.0. The van der Waals surface area contributed by atoms with Gasteiger partial charge < -0.3 is 14.4 Å². The molecule has 5 nitrogen and oxygen atoms in total. The number of phenols is 1. The number of nitrogens with zero attached hydrogens (tertiary/aromatic N) is 3. The Morgan fingerprint density at radius 1 is 1.00 bits per heavy atom. The molecule has 1 aliphatic rings. The van der Waals surface area contributed by atoms with Crippen LogP contribution in [0.4, 0.5) is 10.1 Å². The van der Waals surface area contributed by atoms with Gasteiger partial charge in [-0.15, -0.1) is 10.2 Å². The van der Waals surface area contributed by atoms with Gasteiger partial charge in [0, 0.05) is 25.2 Å². The minimum Gasteiger partial charge on any atom is -0.508 e. The van der Waals surface area contributed by atoms with E-state index in [2.05, 4.69) is 46.3 Å². The highest BCUT2D eigenvalue weighted by Gasteiger charge is 2.40. The molecule has 0 radical (unpaired) electrons. The molecular weight excluding hydrogens is 417 g/mol. The summed E-state index contributed by atoms with van der Waals surface area (Å²) in [6.07, 6.45) is 4.52. The summed E-state index contributed by atoms with van der Waals surface area (Å²) in [6, 6.07) is 20.5. The second-order valence-corrected chi connectivity index (χ2v) is 8.41. The lowest BCUT2D eigenvalue weighted by Gasteiger charge is -2.48. The van der Waals surface area contributed by atoms with Crippen molar-refractivity contribution in [3.05, 3.63) is 107 Å². The molecule has 2 heterocycles. The Balaban J connectivity index is 1.55. The number of benzene rings is 3. The molecule has 0 aliphatic carbocycles. The van der Waals surface area contributed by atoms with Gasteiger partial charge >= 0.3 is 0 Å². The van der Waals surface area contributed by atoms with Gasteiger partial charge in [-0.05, 0) is 78.1 Å². The molecule has 4 aromatic rings. The van der Waals surface area contributed by atoms with Crippen molar-refractivity contribution < 1.29 is 13.9 Å². The van der Waals surface area contributed by atoms with Gasteiger partial charge in [0.1, 0.15) is 11.6 Å². The fourth-order valence-corrected chi connectivity index (χ4v) is 4.65. The van der Waals surface area contributed by atoms with Gasteiger partial charge in [-0.25, -0.2) is 4.39 Å². The molecule has 1 aliphatic heterocycles. The number of aromatic hydroxyl groups is 1. The SMILES string of the molecule is Cc1nnc(C=Cc2ccc(C3(C)c4ccc(O)cc4CCN3c3ccc(F)cc3)cc2)o1. The van der Waals surface area contributed by atoms with Crippen LogP contribution in [-0.4, -0.2) is 21.8 Å². The Labute approximate surface area is 191 Å². The molecule has 0 fully saturated rings. The molecule has 6 heteroatoms. The topological polar surface area (TPSA) is 62.4 Å². The lowest BCUT2D eigenvalue weighted by atomic mass is 9.76. The van der Waals surface area contributed by atoms with Crippen LogP contribution in [0.5, 0.6) is 5.75 Å². The fourth-order valence-electron chi connectivity index (χ4n) is 4.65. The first-order valence-electron chi connectivity index (χ1n) is 10.9. The number of aromatic nitrogens is 2. The number of halogens is 1. The standard InChI is InChI=1S/C27H24FN3O2/c1-18-29-30-26(33-18)14-5-19-3-6-21(7-4-19)27(2)25-13-12-24(32)17-20(25)15-16-31(27)23-10-8-22(28)9-11-23/h3-14,17,32H,15-16H2,1-2H3. The maximum Gasteiger partial charge on any atom is 0.240 e. The van der Waals surface area contributed by atoms with Crippen molar-refractivity contribution in [2.24, 2.45) is 0 Å². The van der Waals surface area contributed by atoms with Crippen LogP contribution >= 0.6 is 0 Å². The molecule has 0 saturated heterocycles. The van der Waals surface area contributed by atoms with Gasteiger partial charge in [-0.2, -0.15) is 0 Å². The van der Waals surface area contributed by atoms with E-state index in [1.807, 2.05) is 30.3 Å². The van der Waals surface area contributed by atoms with Gasteiger partial charge in [-0.3, -0.25) is 0 Å². The maximum atomic E-state index is 13.6. The average molecular weight is 442 g/mol. The first-order valence-corrected chi connectivity index (χ1v) is 10.9. The average Bonchev–Trinajstić information content (AvgIpc) is 3.24. The second kappa shape index (κ2) is 8.20. The molecule has 3 aromatic carbocycles. The van der Waals surface area contributed by atoms with E-state index in [4.69, 9.17) is 4.42 Å². The molecule has 33 heavy (non-hydrogen) atoms. The van der Waals surface area contributed by atoms with Crippen molar-refractivity contribution in [1.82, 2.24) is 10.2 Å². The van der Waals surface area contributed by atoms with Crippen molar-refractivity contribution in [1.29, 1.82) is 0 Å². The fraction of sp³-hybridized carbons (Fsp3) is 0.185. The van der Waals surface area contributed by atoms with E-state index in [1.165, 1.54) is 12.1 Å². The summed E-state index contributed by atoms with van der Waals surface area (Å²) in [5.74, 6) is 1.01. The Kier molecular flexibility index (Phi) is 5.21. The molecule has 0 spiro atoms. The third-order valence-electron chi connectivity index (χ3n) is 6.33. The minimum atomic E-state index is -0.495. The van der Waals surface area contributed by atoms with Crippen LogP contribution in [0.25, 0.3) is 12.2 Å². The number of phenolic OH excluding ortho intramolecular Hbond substituents is 1. The second-order valence-electron chi connectivity index (χ2n) is 8.41. The Hall–Kier alpha value is -3.93. The summed E-state index contributed by atoms with van der Waals surface area (Å²) in [5.41, 5.74) is 4.81.